The Hall–Kier alpha value is -0.740. The number of ether oxygens (including phenoxy) is 1. The summed E-state index contributed by atoms with van der Waals surface area (Å²) >= 11 is 14.2. The molecule has 2 heterocycles. The van der Waals surface area contributed by atoms with E-state index in [1.807, 2.05) is 23.6 Å². The van der Waals surface area contributed by atoms with Crippen LogP contribution in [0.25, 0.3) is 0 Å². The van der Waals surface area contributed by atoms with Crippen molar-refractivity contribution in [3.63, 3.8) is 0 Å². The van der Waals surface area contributed by atoms with Gasteiger partial charge in [-0.2, -0.15) is 0 Å². The zero-order chi connectivity index (χ0) is 14.1. The minimum Gasteiger partial charge on any atom is -0.493 e. The third-order valence-electron chi connectivity index (χ3n) is 3.40. The van der Waals surface area contributed by atoms with Crippen LogP contribution in [0.5, 0.6) is 5.75 Å². The smallest absolute Gasteiger partial charge is 0.127 e. The van der Waals surface area contributed by atoms with E-state index in [0.29, 0.717) is 0 Å². The number of hydrogen-bond acceptors (Lipinski definition) is 3. The Morgan fingerprint density at radius 2 is 2.25 bits per heavy atom. The molecule has 1 aliphatic heterocycles. The summed E-state index contributed by atoms with van der Waals surface area (Å²) in [6.07, 6.45) is 0.917. The SMILES string of the molecule is CCNC(c1cc(Cl)cc2c1OCC2)c1sccc1Cl. The van der Waals surface area contributed by atoms with Gasteiger partial charge in [0.05, 0.1) is 17.7 Å². The maximum Gasteiger partial charge on any atom is 0.127 e. The number of thiophene rings is 1. The Balaban J connectivity index is 2.11. The van der Waals surface area contributed by atoms with Crippen LogP contribution >= 0.6 is 34.5 Å². The first kappa shape index (κ1) is 14.2. The van der Waals surface area contributed by atoms with Gasteiger partial charge in [0.25, 0.3) is 0 Å². The fraction of sp³-hybridized carbons (Fsp3) is 0.333. The van der Waals surface area contributed by atoms with E-state index in [1.54, 1.807) is 11.3 Å². The van der Waals surface area contributed by atoms with Crippen LogP contribution in [0.4, 0.5) is 0 Å². The van der Waals surface area contributed by atoms with Crippen molar-refractivity contribution in [1.29, 1.82) is 0 Å². The van der Waals surface area contributed by atoms with Gasteiger partial charge in [0.2, 0.25) is 0 Å². The van der Waals surface area contributed by atoms with Crippen LogP contribution in [0.2, 0.25) is 10.0 Å². The topological polar surface area (TPSA) is 21.3 Å². The third-order valence-corrected chi connectivity index (χ3v) is 5.04. The lowest BCUT2D eigenvalue weighted by molar-refractivity contribution is 0.351. The first-order valence-corrected chi connectivity index (χ1v) is 8.25. The van der Waals surface area contributed by atoms with Gasteiger partial charge < -0.3 is 10.1 Å². The van der Waals surface area contributed by atoms with Crippen LogP contribution in [0, 0.1) is 0 Å². The molecule has 3 rings (SSSR count). The summed E-state index contributed by atoms with van der Waals surface area (Å²) < 4.78 is 5.81. The van der Waals surface area contributed by atoms with E-state index in [-0.39, 0.29) is 6.04 Å². The highest BCUT2D eigenvalue weighted by molar-refractivity contribution is 7.10. The number of rotatable bonds is 4. The van der Waals surface area contributed by atoms with Crippen molar-refractivity contribution in [2.45, 2.75) is 19.4 Å². The molecule has 0 fully saturated rings. The summed E-state index contributed by atoms with van der Waals surface area (Å²) in [4.78, 5) is 1.11. The molecule has 1 atom stereocenters. The van der Waals surface area contributed by atoms with Crippen molar-refractivity contribution in [2.24, 2.45) is 0 Å². The number of fused-ring (bicyclic) bond motifs is 1. The molecule has 0 spiro atoms. The maximum atomic E-state index is 6.31. The third kappa shape index (κ3) is 2.56. The normalized spacial score (nSPS) is 14.9. The fourth-order valence-corrected chi connectivity index (χ4v) is 4.08. The zero-order valence-electron chi connectivity index (χ0n) is 11.1. The molecule has 0 amide bonds. The zero-order valence-corrected chi connectivity index (χ0v) is 13.4. The second kappa shape index (κ2) is 5.94. The lowest BCUT2D eigenvalue weighted by atomic mass is 10.0. The van der Waals surface area contributed by atoms with Crippen molar-refractivity contribution >= 4 is 34.5 Å². The van der Waals surface area contributed by atoms with Crippen LogP contribution in [0.15, 0.2) is 23.6 Å². The first-order chi connectivity index (χ1) is 9.70. The Morgan fingerprint density at radius 3 is 2.95 bits per heavy atom. The second-order valence-corrected chi connectivity index (χ2v) is 6.50. The van der Waals surface area contributed by atoms with Crippen LogP contribution in [0.1, 0.15) is 29.0 Å². The van der Waals surface area contributed by atoms with E-state index in [4.69, 9.17) is 27.9 Å². The molecule has 2 aromatic rings. The highest BCUT2D eigenvalue weighted by Gasteiger charge is 2.26. The minimum atomic E-state index is 0.0260. The lowest BCUT2D eigenvalue weighted by Crippen LogP contribution is -2.22. The molecule has 1 unspecified atom stereocenters. The standard InChI is InChI=1S/C15H15Cl2NOS/c1-2-18-13(15-12(17)4-6-20-15)11-8-10(16)7-9-3-5-19-14(9)11/h4,6-8,13,18H,2-3,5H2,1H3. The van der Waals surface area contributed by atoms with Gasteiger partial charge in [-0.25, -0.2) is 0 Å². The highest BCUT2D eigenvalue weighted by atomic mass is 35.5. The molecule has 0 aliphatic carbocycles. The molecule has 0 radical (unpaired) electrons. The first-order valence-electron chi connectivity index (χ1n) is 6.62. The van der Waals surface area contributed by atoms with E-state index in [9.17, 15) is 0 Å². The van der Waals surface area contributed by atoms with E-state index in [2.05, 4.69) is 12.2 Å². The van der Waals surface area contributed by atoms with Crippen molar-refractivity contribution in [3.05, 3.63) is 49.6 Å². The maximum absolute atomic E-state index is 6.31. The van der Waals surface area contributed by atoms with Gasteiger partial charge in [-0.3, -0.25) is 0 Å². The number of nitrogens with one attached hydrogen (secondary N) is 1. The number of hydrogen-bond donors (Lipinski definition) is 1. The van der Waals surface area contributed by atoms with Crippen LogP contribution in [-0.2, 0) is 6.42 Å². The van der Waals surface area contributed by atoms with Gasteiger partial charge in [-0.15, -0.1) is 11.3 Å². The summed E-state index contributed by atoms with van der Waals surface area (Å²) in [6.45, 7) is 3.65. The van der Waals surface area contributed by atoms with Gasteiger partial charge in [0.1, 0.15) is 5.75 Å². The molecule has 106 valence electrons. The molecule has 5 heteroatoms. The number of benzene rings is 1. The Bertz CT molecular complexity index is 626. The quantitative estimate of drug-likeness (QED) is 0.879. The molecular formula is C15H15Cl2NOS. The Kier molecular flexibility index (Phi) is 4.22. The van der Waals surface area contributed by atoms with Gasteiger partial charge >= 0.3 is 0 Å². The summed E-state index contributed by atoms with van der Waals surface area (Å²) in [5, 5.41) is 7.03. The van der Waals surface area contributed by atoms with Crippen molar-refractivity contribution < 1.29 is 4.74 Å². The second-order valence-electron chi connectivity index (χ2n) is 4.71. The summed E-state index contributed by atoms with van der Waals surface area (Å²) in [7, 11) is 0. The number of halogens is 2. The van der Waals surface area contributed by atoms with Crippen LogP contribution in [-0.4, -0.2) is 13.2 Å². The predicted octanol–water partition coefficient (Wildman–Crippen LogP) is 4.69. The van der Waals surface area contributed by atoms with E-state index >= 15 is 0 Å². The molecule has 1 aromatic carbocycles. The molecule has 1 aromatic heterocycles. The Labute approximate surface area is 132 Å². The van der Waals surface area contributed by atoms with Gasteiger partial charge in [-0.1, -0.05) is 30.1 Å². The molecule has 20 heavy (non-hydrogen) atoms. The molecule has 2 nitrogen and oxygen atoms in total. The van der Waals surface area contributed by atoms with Gasteiger partial charge in [0.15, 0.2) is 0 Å². The van der Waals surface area contributed by atoms with Gasteiger partial charge in [0, 0.05) is 21.9 Å². The van der Waals surface area contributed by atoms with Crippen molar-refractivity contribution in [2.75, 3.05) is 13.2 Å². The molecular weight excluding hydrogens is 313 g/mol. The average molecular weight is 328 g/mol. The summed E-state index contributed by atoms with van der Waals surface area (Å²) in [6, 6.07) is 5.93. The monoisotopic (exact) mass is 327 g/mol. The molecule has 1 N–H and O–H groups in total. The molecule has 0 saturated heterocycles. The van der Waals surface area contributed by atoms with Gasteiger partial charge in [-0.05, 0) is 35.7 Å². The molecule has 1 aliphatic rings. The van der Waals surface area contributed by atoms with E-state index in [0.717, 1.165) is 45.8 Å². The van der Waals surface area contributed by atoms with E-state index < -0.39 is 0 Å². The van der Waals surface area contributed by atoms with Crippen LogP contribution < -0.4 is 10.1 Å². The summed E-state index contributed by atoms with van der Waals surface area (Å²) in [5.74, 6) is 0.963. The molecule has 0 saturated carbocycles. The average Bonchev–Trinajstić information content (AvgIpc) is 3.04. The minimum absolute atomic E-state index is 0.0260. The largest absolute Gasteiger partial charge is 0.493 e. The van der Waals surface area contributed by atoms with E-state index in [1.165, 1.54) is 5.56 Å². The van der Waals surface area contributed by atoms with Crippen molar-refractivity contribution in [1.82, 2.24) is 5.32 Å². The Morgan fingerprint density at radius 1 is 1.40 bits per heavy atom. The predicted molar refractivity (Wildman–Crippen MR) is 85.5 cm³/mol. The summed E-state index contributed by atoms with van der Waals surface area (Å²) in [5.41, 5.74) is 2.26. The van der Waals surface area contributed by atoms with Crippen molar-refractivity contribution in [3.8, 4) is 5.75 Å². The lowest BCUT2D eigenvalue weighted by Gasteiger charge is -2.20. The van der Waals surface area contributed by atoms with Crippen LogP contribution in [0.3, 0.4) is 0 Å². The fourth-order valence-electron chi connectivity index (χ4n) is 2.57. The highest BCUT2D eigenvalue weighted by Crippen LogP contribution is 2.41. The molecule has 0 bridgehead atoms.